The molecule has 29 heavy (non-hydrogen) atoms. The molecule has 1 fully saturated rings. The zero-order valence-electron chi connectivity index (χ0n) is 17.8. The smallest absolute Gasteiger partial charge is 0.275 e. The van der Waals surface area contributed by atoms with Crippen LogP contribution < -0.4 is 19.9 Å². The molecule has 1 saturated heterocycles. The molecule has 1 heterocycles. The molecule has 2 aromatic carbocycles. The predicted octanol–water partition coefficient (Wildman–Crippen LogP) is 0.0360. The number of benzene rings is 2. The highest BCUT2D eigenvalue weighted by molar-refractivity contribution is 5.76. The molecular formula is C24H35N3O2+2. The maximum atomic E-state index is 12.3. The van der Waals surface area contributed by atoms with Gasteiger partial charge < -0.3 is 19.9 Å². The Morgan fingerprint density at radius 3 is 2.48 bits per heavy atom. The summed E-state index contributed by atoms with van der Waals surface area (Å²) in [6.45, 7) is 8.73. The van der Waals surface area contributed by atoms with Gasteiger partial charge in [0.15, 0.2) is 6.54 Å². The number of ether oxygens (including phenoxy) is 1. The normalized spacial score (nSPS) is 19.0. The molecule has 3 rings (SSSR count). The summed E-state index contributed by atoms with van der Waals surface area (Å²) in [5.41, 5.74) is 3.88. The van der Waals surface area contributed by atoms with Crippen LogP contribution in [0, 0.1) is 6.92 Å². The molecule has 0 unspecified atom stereocenters. The lowest BCUT2D eigenvalue weighted by atomic mass is 10.1. The fourth-order valence-electron chi connectivity index (χ4n) is 4.08. The van der Waals surface area contributed by atoms with Gasteiger partial charge in [-0.15, -0.1) is 0 Å². The maximum absolute atomic E-state index is 12.3. The van der Waals surface area contributed by atoms with Crippen LogP contribution in [-0.2, 0) is 17.8 Å². The van der Waals surface area contributed by atoms with Gasteiger partial charge in [-0.3, -0.25) is 4.79 Å². The fraction of sp³-hybridized carbons (Fsp3) is 0.458. The van der Waals surface area contributed by atoms with Gasteiger partial charge in [0.05, 0.1) is 7.11 Å². The van der Waals surface area contributed by atoms with Crippen LogP contribution in [0.2, 0.25) is 0 Å². The van der Waals surface area contributed by atoms with Gasteiger partial charge >= 0.3 is 0 Å². The summed E-state index contributed by atoms with van der Waals surface area (Å²) in [6, 6.07) is 16.8. The third-order valence-electron chi connectivity index (χ3n) is 5.76. The van der Waals surface area contributed by atoms with Crippen molar-refractivity contribution in [3.8, 4) is 5.75 Å². The van der Waals surface area contributed by atoms with Crippen LogP contribution in [0.5, 0.6) is 5.75 Å². The molecule has 1 aliphatic rings. The van der Waals surface area contributed by atoms with Gasteiger partial charge in [0, 0.05) is 12.1 Å². The lowest BCUT2D eigenvalue weighted by Crippen LogP contribution is -3.28. The minimum atomic E-state index is 0.178. The molecule has 3 N–H and O–H groups in total. The van der Waals surface area contributed by atoms with Crippen molar-refractivity contribution in [3.05, 3.63) is 65.2 Å². The Bertz CT molecular complexity index is 771. The summed E-state index contributed by atoms with van der Waals surface area (Å²) in [5.74, 6) is 1.16. The van der Waals surface area contributed by atoms with Crippen molar-refractivity contribution in [3.63, 3.8) is 0 Å². The van der Waals surface area contributed by atoms with Gasteiger partial charge in [-0.25, -0.2) is 0 Å². The molecular weight excluding hydrogens is 362 g/mol. The minimum absolute atomic E-state index is 0.178. The van der Waals surface area contributed by atoms with E-state index in [1.54, 1.807) is 12.0 Å². The topological polar surface area (TPSA) is 47.2 Å². The van der Waals surface area contributed by atoms with E-state index in [9.17, 15) is 4.79 Å². The third-order valence-corrected chi connectivity index (χ3v) is 5.76. The van der Waals surface area contributed by atoms with Crippen LogP contribution in [0.1, 0.15) is 23.1 Å². The molecule has 2 aromatic rings. The molecule has 0 aromatic heterocycles. The average molecular weight is 398 g/mol. The number of methoxy groups -OCH3 is 1. The largest absolute Gasteiger partial charge is 0.496 e. The van der Waals surface area contributed by atoms with Crippen molar-refractivity contribution in [2.75, 3.05) is 46.4 Å². The van der Waals surface area contributed by atoms with Gasteiger partial charge in [-0.05, 0) is 37.5 Å². The Morgan fingerprint density at radius 1 is 1.03 bits per heavy atom. The van der Waals surface area contributed by atoms with Gasteiger partial charge in [-0.1, -0.05) is 42.0 Å². The first kappa shape index (κ1) is 21.3. The molecule has 0 aliphatic carbocycles. The van der Waals surface area contributed by atoms with E-state index >= 15 is 0 Å². The number of amides is 1. The summed E-state index contributed by atoms with van der Waals surface area (Å²) in [6.07, 6.45) is 2.00. The van der Waals surface area contributed by atoms with E-state index in [1.165, 1.54) is 21.6 Å². The first-order valence-corrected chi connectivity index (χ1v) is 10.8. The van der Waals surface area contributed by atoms with E-state index in [1.807, 2.05) is 6.07 Å². The molecule has 0 atom stereocenters. The Morgan fingerprint density at radius 2 is 1.76 bits per heavy atom. The van der Waals surface area contributed by atoms with Crippen molar-refractivity contribution < 1.29 is 19.3 Å². The number of rotatable bonds is 9. The standard InChI is InChI=1S/C24H33N3O2/c1-20-10-11-23(29-2)22(17-20)18-26-13-15-27(16-14-26)19-24(28)25-12-6-9-21-7-4-3-5-8-21/h3-5,7-8,10-11,17H,6,9,12-16,18-19H2,1-2H3,(H,25,28)/p+2. The van der Waals surface area contributed by atoms with Crippen molar-refractivity contribution in [1.82, 2.24) is 5.32 Å². The number of quaternary nitrogens is 2. The van der Waals surface area contributed by atoms with Crippen LogP contribution in [0.3, 0.4) is 0 Å². The maximum Gasteiger partial charge on any atom is 0.275 e. The van der Waals surface area contributed by atoms with E-state index in [0.29, 0.717) is 6.54 Å². The van der Waals surface area contributed by atoms with Crippen molar-refractivity contribution in [1.29, 1.82) is 0 Å². The van der Waals surface area contributed by atoms with Crippen LogP contribution in [0.25, 0.3) is 0 Å². The minimum Gasteiger partial charge on any atom is -0.496 e. The second kappa shape index (κ2) is 11.0. The van der Waals surface area contributed by atoms with Crippen LogP contribution in [-0.4, -0.2) is 52.3 Å². The molecule has 0 bridgehead atoms. The summed E-state index contributed by atoms with van der Waals surface area (Å²) in [5, 5.41) is 3.09. The lowest BCUT2D eigenvalue weighted by molar-refractivity contribution is -1.02. The van der Waals surface area contributed by atoms with E-state index < -0.39 is 0 Å². The fourth-order valence-corrected chi connectivity index (χ4v) is 4.08. The molecule has 0 spiro atoms. The van der Waals surface area contributed by atoms with Crippen LogP contribution in [0.4, 0.5) is 0 Å². The van der Waals surface area contributed by atoms with E-state index in [4.69, 9.17) is 4.74 Å². The van der Waals surface area contributed by atoms with Crippen LogP contribution in [0.15, 0.2) is 48.5 Å². The Balaban J connectivity index is 1.34. The van der Waals surface area contributed by atoms with E-state index in [2.05, 4.69) is 54.7 Å². The third kappa shape index (κ3) is 6.87. The van der Waals surface area contributed by atoms with Crippen LogP contribution >= 0.6 is 0 Å². The summed E-state index contributed by atoms with van der Waals surface area (Å²) >= 11 is 0. The number of piperazine rings is 1. The molecule has 5 heteroatoms. The molecule has 5 nitrogen and oxygen atoms in total. The molecule has 1 amide bonds. The van der Waals surface area contributed by atoms with E-state index in [-0.39, 0.29) is 5.91 Å². The highest BCUT2D eigenvalue weighted by Gasteiger charge is 2.25. The zero-order chi connectivity index (χ0) is 20.5. The second-order valence-corrected chi connectivity index (χ2v) is 8.11. The first-order valence-electron chi connectivity index (χ1n) is 10.8. The summed E-state index contributed by atoms with van der Waals surface area (Å²) in [4.78, 5) is 15.2. The van der Waals surface area contributed by atoms with Gasteiger partial charge in [0.2, 0.25) is 0 Å². The van der Waals surface area contributed by atoms with Crippen molar-refractivity contribution >= 4 is 5.91 Å². The van der Waals surface area contributed by atoms with Gasteiger partial charge in [0.25, 0.3) is 5.91 Å². The number of hydrogen-bond acceptors (Lipinski definition) is 2. The number of aryl methyl sites for hydroxylation is 2. The van der Waals surface area contributed by atoms with Crippen molar-refractivity contribution in [2.45, 2.75) is 26.3 Å². The molecule has 0 radical (unpaired) electrons. The quantitative estimate of drug-likeness (QED) is 0.523. The van der Waals surface area contributed by atoms with Crippen molar-refractivity contribution in [2.24, 2.45) is 0 Å². The summed E-state index contributed by atoms with van der Waals surface area (Å²) < 4.78 is 5.52. The number of carbonyl (C=O) groups is 1. The summed E-state index contributed by atoms with van der Waals surface area (Å²) in [7, 11) is 1.74. The SMILES string of the molecule is COc1ccc(C)cc1C[NH+]1CC[NH+](CC(=O)NCCCc2ccccc2)CC1. The monoisotopic (exact) mass is 397 g/mol. The van der Waals surface area contributed by atoms with Gasteiger partial charge in [-0.2, -0.15) is 0 Å². The second-order valence-electron chi connectivity index (χ2n) is 8.11. The Hall–Kier alpha value is -2.37. The molecule has 1 aliphatic heterocycles. The first-order chi connectivity index (χ1) is 14.1. The Labute approximate surface area is 174 Å². The lowest BCUT2D eigenvalue weighted by Gasteiger charge is -2.29. The Kier molecular flexibility index (Phi) is 8.08. The number of nitrogens with one attached hydrogen (secondary N) is 3. The molecule has 0 saturated carbocycles. The zero-order valence-corrected chi connectivity index (χ0v) is 17.8. The van der Waals surface area contributed by atoms with Gasteiger partial charge in [0.1, 0.15) is 38.5 Å². The molecule has 156 valence electrons. The average Bonchev–Trinajstić information content (AvgIpc) is 2.74. The predicted molar refractivity (Wildman–Crippen MR) is 115 cm³/mol. The highest BCUT2D eigenvalue weighted by Crippen LogP contribution is 2.18. The number of hydrogen-bond donors (Lipinski definition) is 3. The van der Waals surface area contributed by atoms with E-state index in [0.717, 1.165) is 57.9 Å². The number of carbonyl (C=O) groups excluding carboxylic acids is 1. The highest BCUT2D eigenvalue weighted by atomic mass is 16.5.